The summed E-state index contributed by atoms with van der Waals surface area (Å²) >= 11 is 0. The van der Waals surface area contributed by atoms with Crippen LogP contribution in [0.25, 0.3) is 0 Å². The van der Waals surface area contributed by atoms with E-state index in [-0.39, 0.29) is 5.56 Å². The van der Waals surface area contributed by atoms with E-state index < -0.39 is 24.0 Å². The van der Waals surface area contributed by atoms with Gasteiger partial charge in [-0.2, -0.15) is 0 Å². The van der Waals surface area contributed by atoms with Crippen LogP contribution in [-0.4, -0.2) is 16.9 Å². The molecule has 0 spiro atoms. The molecule has 0 amide bonds. The first-order valence-corrected chi connectivity index (χ1v) is 3.60. The number of carboxylic acid groups (broad SMARTS) is 1. The van der Waals surface area contributed by atoms with Crippen molar-refractivity contribution in [2.75, 3.05) is 0 Å². The van der Waals surface area contributed by atoms with Gasteiger partial charge in [-0.15, -0.1) is 0 Å². The summed E-state index contributed by atoms with van der Waals surface area (Å²) in [6.45, 7) is 0. The number of ketones is 1. The normalized spacial score (nSPS) is 9.62. The zero-order valence-corrected chi connectivity index (χ0v) is 6.66. The smallest absolute Gasteiger partial charge is 0.311 e. The third-order valence-electron chi connectivity index (χ3n) is 1.48. The molecular formula is C9H7FO3. The molecule has 0 saturated carbocycles. The predicted molar refractivity (Wildman–Crippen MR) is 43.0 cm³/mol. The number of hydrogen-bond donors (Lipinski definition) is 1. The lowest BCUT2D eigenvalue weighted by atomic mass is 10.1. The Labute approximate surface area is 73.8 Å². The van der Waals surface area contributed by atoms with Gasteiger partial charge in [-0.05, 0) is 24.3 Å². The molecule has 68 valence electrons. The van der Waals surface area contributed by atoms with E-state index in [1.54, 1.807) is 0 Å². The van der Waals surface area contributed by atoms with Crippen molar-refractivity contribution >= 4 is 11.8 Å². The average Bonchev–Trinajstić information content (AvgIpc) is 2.04. The lowest BCUT2D eigenvalue weighted by molar-refractivity contribution is -0.135. The maximum absolute atomic E-state index is 12.4. The summed E-state index contributed by atoms with van der Waals surface area (Å²) in [7, 11) is 0. The molecule has 1 rings (SSSR count). The second-order valence-corrected chi connectivity index (χ2v) is 2.50. The largest absolute Gasteiger partial charge is 0.481 e. The topological polar surface area (TPSA) is 54.4 Å². The highest BCUT2D eigenvalue weighted by Crippen LogP contribution is 2.05. The van der Waals surface area contributed by atoms with E-state index >= 15 is 0 Å². The maximum atomic E-state index is 12.4. The molecule has 0 fully saturated rings. The Morgan fingerprint density at radius 3 is 2.23 bits per heavy atom. The maximum Gasteiger partial charge on any atom is 0.311 e. The molecule has 13 heavy (non-hydrogen) atoms. The zero-order valence-electron chi connectivity index (χ0n) is 6.66. The Morgan fingerprint density at radius 1 is 1.23 bits per heavy atom. The molecule has 0 radical (unpaired) electrons. The first-order valence-electron chi connectivity index (χ1n) is 3.60. The van der Waals surface area contributed by atoms with Crippen molar-refractivity contribution in [3.05, 3.63) is 35.6 Å². The SMILES string of the molecule is O=C(O)CC(=O)c1ccc(F)cc1. The van der Waals surface area contributed by atoms with Crippen LogP contribution in [-0.2, 0) is 4.79 Å². The Kier molecular flexibility index (Phi) is 2.74. The van der Waals surface area contributed by atoms with E-state index in [1.807, 2.05) is 0 Å². The number of carbonyl (C=O) groups is 2. The summed E-state index contributed by atoms with van der Waals surface area (Å²) in [6.07, 6.45) is -0.564. The van der Waals surface area contributed by atoms with E-state index in [4.69, 9.17) is 5.11 Å². The highest BCUT2D eigenvalue weighted by atomic mass is 19.1. The molecule has 0 atom stereocenters. The first kappa shape index (κ1) is 9.38. The van der Waals surface area contributed by atoms with Gasteiger partial charge < -0.3 is 5.11 Å². The molecule has 0 aliphatic heterocycles. The summed E-state index contributed by atoms with van der Waals surface area (Å²) in [5, 5.41) is 8.30. The fraction of sp³-hybridized carbons (Fsp3) is 0.111. The number of halogens is 1. The van der Waals surface area contributed by atoms with Crippen molar-refractivity contribution in [1.82, 2.24) is 0 Å². The Bertz CT molecular complexity index is 329. The molecule has 0 heterocycles. The van der Waals surface area contributed by atoms with Crippen molar-refractivity contribution in [3.8, 4) is 0 Å². The quantitative estimate of drug-likeness (QED) is 0.569. The minimum atomic E-state index is -1.19. The Hall–Kier alpha value is -1.71. The van der Waals surface area contributed by atoms with Crippen molar-refractivity contribution in [2.24, 2.45) is 0 Å². The zero-order chi connectivity index (χ0) is 9.84. The van der Waals surface area contributed by atoms with Gasteiger partial charge in [0.1, 0.15) is 12.2 Å². The van der Waals surface area contributed by atoms with Crippen LogP contribution in [0.5, 0.6) is 0 Å². The van der Waals surface area contributed by atoms with Crippen LogP contribution in [0, 0.1) is 5.82 Å². The Balaban J connectivity index is 2.78. The highest BCUT2D eigenvalue weighted by molar-refractivity contribution is 6.05. The number of aliphatic carboxylic acids is 1. The minimum Gasteiger partial charge on any atom is -0.481 e. The number of benzene rings is 1. The lowest BCUT2D eigenvalue weighted by Crippen LogP contribution is -2.06. The van der Waals surface area contributed by atoms with Gasteiger partial charge in [-0.1, -0.05) is 0 Å². The van der Waals surface area contributed by atoms with Crippen LogP contribution in [0.15, 0.2) is 24.3 Å². The van der Waals surface area contributed by atoms with Gasteiger partial charge >= 0.3 is 5.97 Å². The van der Waals surface area contributed by atoms with E-state index in [0.717, 1.165) is 12.1 Å². The van der Waals surface area contributed by atoms with Gasteiger partial charge in [0, 0.05) is 5.56 Å². The van der Waals surface area contributed by atoms with Crippen LogP contribution in [0.2, 0.25) is 0 Å². The number of hydrogen-bond acceptors (Lipinski definition) is 2. The molecule has 3 nitrogen and oxygen atoms in total. The monoisotopic (exact) mass is 182 g/mol. The summed E-state index contributed by atoms with van der Waals surface area (Å²) in [4.78, 5) is 21.2. The average molecular weight is 182 g/mol. The number of rotatable bonds is 3. The molecule has 0 saturated heterocycles. The van der Waals surface area contributed by atoms with Gasteiger partial charge in [0.2, 0.25) is 0 Å². The molecule has 4 heteroatoms. The number of carboxylic acids is 1. The Morgan fingerprint density at radius 2 is 1.77 bits per heavy atom. The summed E-state index contributed by atoms with van der Waals surface area (Å²) < 4.78 is 12.4. The van der Waals surface area contributed by atoms with E-state index in [1.165, 1.54) is 12.1 Å². The minimum absolute atomic E-state index is 0.212. The van der Waals surface area contributed by atoms with Crippen LogP contribution in [0.1, 0.15) is 16.8 Å². The number of Topliss-reactive ketones (excluding diaryl/α,β-unsaturated/α-hetero) is 1. The van der Waals surface area contributed by atoms with Crippen LogP contribution < -0.4 is 0 Å². The van der Waals surface area contributed by atoms with Crippen molar-refractivity contribution in [1.29, 1.82) is 0 Å². The van der Waals surface area contributed by atoms with E-state index in [0.29, 0.717) is 0 Å². The second-order valence-electron chi connectivity index (χ2n) is 2.50. The second kappa shape index (κ2) is 3.80. The third kappa shape index (κ3) is 2.66. The summed E-state index contributed by atoms with van der Waals surface area (Å²) in [6, 6.07) is 4.77. The van der Waals surface area contributed by atoms with Crippen molar-refractivity contribution < 1.29 is 19.1 Å². The van der Waals surface area contributed by atoms with Gasteiger partial charge in [0.25, 0.3) is 0 Å². The molecule has 0 unspecified atom stereocenters. The fourth-order valence-corrected chi connectivity index (χ4v) is 0.875. The van der Waals surface area contributed by atoms with Crippen molar-refractivity contribution in [2.45, 2.75) is 6.42 Å². The van der Waals surface area contributed by atoms with Crippen LogP contribution >= 0.6 is 0 Å². The predicted octanol–water partition coefficient (Wildman–Crippen LogP) is 1.48. The van der Waals surface area contributed by atoms with Gasteiger partial charge in [-0.25, -0.2) is 4.39 Å². The van der Waals surface area contributed by atoms with Crippen molar-refractivity contribution in [3.63, 3.8) is 0 Å². The molecule has 0 aliphatic rings. The van der Waals surface area contributed by atoms with E-state index in [9.17, 15) is 14.0 Å². The van der Waals surface area contributed by atoms with Gasteiger partial charge in [0.05, 0.1) is 0 Å². The molecule has 1 aromatic carbocycles. The fourth-order valence-electron chi connectivity index (χ4n) is 0.875. The van der Waals surface area contributed by atoms with Gasteiger partial charge in [0.15, 0.2) is 5.78 Å². The lowest BCUT2D eigenvalue weighted by Gasteiger charge is -1.96. The standard InChI is InChI=1S/C9H7FO3/c10-7-3-1-6(2-4-7)8(11)5-9(12)13/h1-4H,5H2,(H,12,13). The van der Waals surface area contributed by atoms with E-state index in [2.05, 4.69) is 0 Å². The number of carbonyl (C=O) groups excluding carboxylic acids is 1. The third-order valence-corrected chi connectivity index (χ3v) is 1.48. The summed E-state index contributed by atoms with van der Waals surface area (Å²) in [5.41, 5.74) is 0.212. The van der Waals surface area contributed by atoms with Crippen LogP contribution in [0.3, 0.4) is 0 Å². The molecule has 0 bridgehead atoms. The summed E-state index contributed by atoms with van der Waals surface area (Å²) in [5.74, 6) is -2.16. The van der Waals surface area contributed by atoms with Crippen LogP contribution in [0.4, 0.5) is 4.39 Å². The molecule has 0 aromatic heterocycles. The first-order chi connectivity index (χ1) is 6.09. The highest BCUT2D eigenvalue weighted by Gasteiger charge is 2.09. The molecule has 1 N–H and O–H groups in total. The molecule has 0 aliphatic carbocycles. The molecule has 1 aromatic rings. The molecular weight excluding hydrogens is 175 g/mol. The van der Waals surface area contributed by atoms with Gasteiger partial charge in [-0.3, -0.25) is 9.59 Å².